The molecular formula is C13H19Cl2N3. The number of pyridine rings is 1. The topological polar surface area (TPSA) is 42.1 Å². The first-order chi connectivity index (χ1) is 8.47. The van der Waals surface area contributed by atoms with Gasteiger partial charge in [0, 0.05) is 41.5 Å². The summed E-state index contributed by atoms with van der Waals surface area (Å²) in [4.78, 5) is 6.64. The first kappa shape index (κ1) is 14.1. The Hall–Kier alpha value is -0.350. The summed E-state index contributed by atoms with van der Waals surface area (Å²) >= 11 is 12.4. The quantitative estimate of drug-likeness (QED) is 0.851. The van der Waals surface area contributed by atoms with E-state index in [1.807, 2.05) is 13.0 Å². The maximum atomic E-state index is 6.25. The zero-order chi connectivity index (χ0) is 13.3. The molecule has 2 atom stereocenters. The fourth-order valence-corrected chi connectivity index (χ4v) is 3.11. The third-order valence-electron chi connectivity index (χ3n) is 3.56. The first-order valence-electron chi connectivity index (χ1n) is 6.28. The molecule has 1 saturated heterocycles. The van der Waals surface area contributed by atoms with Crippen LogP contribution in [-0.2, 0) is 6.54 Å². The van der Waals surface area contributed by atoms with Crippen LogP contribution in [0.5, 0.6) is 0 Å². The minimum atomic E-state index is 0.318. The Morgan fingerprint density at radius 2 is 2.22 bits per heavy atom. The Bertz CT molecular complexity index is 413. The van der Waals surface area contributed by atoms with Crippen molar-refractivity contribution in [2.75, 3.05) is 6.54 Å². The molecule has 0 aromatic carbocycles. The van der Waals surface area contributed by atoms with Gasteiger partial charge in [0.2, 0.25) is 0 Å². The second-order valence-corrected chi connectivity index (χ2v) is 5.88. The number of hydrogen-bond donors (Lipinski definition) is 1. The largest absolute Gasteiger partial charge is 0.328 e. The Balaban J connectivity index is 2.14. The average molecular weight is 288 g/mol. The lowest BCUT2D eigenvalue weighted by Gasteiger charge is -2.36. The van der Waals surface area contributed by atoms with E-state index in [2.05, 4.69) is 16.8 Å². The van der Waals surface area contributed by atoms with Crippen molar-refractivity contribution in [3.8, 4) is 0 Å². The lowest BCUT2D eigenvalue weighted by atomic mass is 9.98. The molecule has 0 bridgehead atoms. The van der Waals surface area contributed by atoms with Gasteiger partial charge in [0.05, 0.1) is 0 Å². The van der Waals surface area contributed by atoms with Gasteiger partial charge in [0.1, 0.15) is 5.15 Å². The highest BCUT2D eigenvalue weighted by molar-refractivity contribution is 6.35. The summed E-state index contributed by atoms with van der Waals surface area (Å²) in [5, 5.41) is 1.22. The van der Waals surface area contributed by atoms with E-state index in [1.165, 1.54) is 0 Å². The molecule has 2 N–H and O–H groups in total. The summed E-state index contributed by atoms with van der Waals surface area (Å²) in [5.41, 5.74) is 7.74. The maximum Gasteiger partial charge on any atom is 0.135 e. The SMILES string of the molecule is Cc1cc(Cl)c(CN2CCC(N)CC2C)c(Cl)n1. The van der Waals surface area contributed by atoms with E-state index in [-0.39, 0.29) is 0 Å². The molecule has 0 amide bonds. The van der Waals surface area contributed by atoms with Crippen LogP contribution >= 0.6 is 23.2 Å². The third-order valence-corrected chi connectivity index (χ3v) is 4.21. The summed E-state index contributed by atoms with van der Waals surface area (Å²) in [6, 6.07) is 2.64. The van der Waals surface area contributed by atoms with Crippen molar-refractivity contribution in [1.29, 1.82) is 0 Å². The second-order valence-electron chi connectivity index (χ2n) is 5.12. The number of nitrogens with two attached hydrogens (primary N) is 1. The maximum absolute atomic E-state index is 6.25. The molecule has 18 heavy (non-hydrogen) atoms. The summed E-state index contributed by atoms with van der Waals surface area (Å²) in [6.07, 6.45) is 2.05. The van der Waals surface area contributed by atoms with Crippen molar-refractivity contribution in [2.24, 2.45) is 5.73 Å². The molecule has 1 fully saturated rings. The molecule has 100 valence electrons. The highest BCUT2D eigenvalue weighted by Gasteiger charge is 2.24. The van der Waals surface area contributed by atoms with Gasteiger partial charge in [-0.1, -0.05) is 23.2 Å². The summed E-state index contributed by atoms with van der Waals surface area (Å²) < 4.78 is 0. The number of rotatable bonds is 2. The van der Waals surface area contributed by atoms with Crippen LogP contribution in [0.15, 0.2) is 6.07 Å². The van der Waals surface area contributed by atoms with Crippen LogP contribution in [-0.4, -0.2) is 28.5 Å². The molecule has 2 unspecified atom stereocenters. The van der Waals surface area contributed by atoms with Gasteiger partial charge < -0.3 is 5.73 Å². The normalized spacial score (nSPS) is 25.4. The molecule has 3 nitrogen and oxygen atoms in total. The zero-order valence-corrected chi connectivity index (χ0v) is 12.3. The Morgan fingerprint density at radius 3 is 2.83 bits per heavy atom. The van der Waals surface area contributed by atoms with E-state index in [0.29, 0.717) is 22.3 Å². The predicted molar refractivity (Wildman–Crippen MR) is 76.1 cm³/mol. The van der Waals surface area contributed by atoms with Crippen molar-refractivity contribution in [2.45, 2.75) is 45.3 Å². The average Bonchev–Trinajstić information content (AvgIpc) is 2.25. The van der Waals surface area contributed by atoms with E-state index in [4.69, 9.17) is 28.9 Å². The Kier molecular flexibility index (Phi) is 4.49. The highest BCUT2D eigenvalue weighted by atomic mass is 35.5. The van der Waals surface area contributed by atoms with Gasteiger partial charge in [-0.2, -0.15) is 0 Å². The minimum absolute atomic E-state index is 0.318. The van der Waals surface area contributed by atoms with Gasteiger partial charge in [-0.15, -0.1) is 0 Å². The molecule has 0 aliphatic carbocycles. The highest BCUT2D eigenvalue weighted by Crippen LogP contribution is 2.27. The van der Waals surface area contributed by atoms with Crippen LogP contribution in [0.2, 0.25) is 10.2 Å². The third kappa shape index (κ3) is 3.15. The van der Waals surface area contributed by atoms with Gasteiger partial charge in [-0.25, -0.2) is 4.98 Å². The summed E-state index contributed by atoms with van der Waals surface area (Å²) in [5.74, 6) is 0. The monoisotopic (exact) mass is 287 g/mol. The van der Waals surface area contributed by atoms with E-state index in [0.717, 1.165) is 37.2 Å². The molecule has 1 aliphatic heterocycles. The van der Waals surface area contributed by atoms with Crippen molar-refractivity contribution in [3.05, 3.63) is 27.5 Å². The number of aromatic nitrogens is 1. The van der Waals surface area contributed by atoms with Crippen LogP contribution in [0.4, 0.5) is 0 Å². The summed E-state index contributed by atoms with van der Waals surface area (Å²) in [7, 11) is 0. The lowest BCUT2D eigenvalue weighted by molar-refractivity contribution is 0.140. The van der Waals surface area contributed by atoms with Gasteiger partial charge in [-0.3, -0.25) is 4.90 Å². The van der Waals surface area contributed by atoms with Crippen molar-refractivity contribution in [3.63, 3.8) is 0 Å². The molecule has 1 aromatic heterocycles. The molecule has 1 aromatic rings. The zero-order valence-electron chi connectivity index (χ0n) is 10.8. The number of halogens is 2. The van der Waals surface area contributed by atoms with Crippen LogP contribution in [0, 0.1) is 6.92 Å². The minimum Gasteiger partial charge on any atom is -0.328 e. The molecule has 0 spiro atoms. The van der Waals surface area contributed by atoms with Gasteiger partial charge in [0.15, 0.2) is 0 Å². The van der Waals surface area contributed by atoms with E-state index in [1.54, 1.807) is 0 Å². The molecule has 1 aliphatic rings. The number of piperidine rings is 1. The standard InChI is InChI=1S/C13H19Cl2N3/c1-8-5-12(14)11(13(15)17-8)7-18-4-3-10(16)6-9(18)2/h5,9-10H,3-4,6-7,16H2,1-2H3. The van der Waals surface area contributed by atoms with Crippen molar-refractivity contribution < 1.29 is 0 Å². The van der Waals surface area contributed by atoms with Gasteiger partial charge in [0.25, 0.3) is 0 Å². The number of hydrogen-bond acceptors (Lipinski definition) is 3. The molecule has 5 heteroatoms. The van der Waals surface area contributed by atoms with Gasteiger partial charge in [-0.05, 0) is 32.8 Å². The Labute approximate surface area is 118 Å². The van der Waals surface area contributed by atoms with Crippen LogP contribution in [0.1, 0.15) is 31.0 Å². The predicted octanol–water partition coefficient (Wildman–Crippen LogP) is 3.01. The Morgan fingerprint density at radius 1 is 1.50 bits per heavy atom. The first-order valence-corrected chi connectivity index (χ1v) is 7.04. The smallest absolute Gasteiger partial charge is 0.135 e. The van der Waals surface area contributed by atoms with Crippen molar-refractivity contribution in [1.82, 2.24) is 9.88 Å². The lowest BCUT2D eigenvalue weighted by Crippen LogP contribution is -2.45. The van der Waals surface area contributed by atoms with Crippen LogP contribution in [0.3, 0.4) is 0 Å². The van der Waals surface area contributed by atoms with Crippen LogP contribution < -0.4 is 5.73 Å². The number of likely N-dealkylation sites (tertiary alicyclic amines) is 1. The summed E-state index contributed by atoms with van der Waals surface area (Å²) in [6.45, 7) is 5.83. The fraction of sp³-hybridized carbons (Fsp3) is 0.615. The van der Waals surface area contributed by atoms with E-state index < -0.39 is 0 Å². The van der Waals surface area contributed by atoms with E-state index >= 15 is 0 Å². The van der Waals surface area contributed by atoms with Crippen LogP contribution in [0.25, 0.3) is 0 Å². The molecule has 0 radical (unpaired) electrons. The number of aryl methyl sites for hydroxylation is 1. The van der Waals surface area contributed by atoms with E-state index in [9.17, 15) is 0 Å². The second kappa shape index (κ2) is 5.74. The molecular weight excluding hydrogens is 269 g/mol. The number of nitrogens with zero attached hydrogens (tertiary/aromatic N) is 2. The molecule has 2 heterocycles. The van der Waals surface area contributed by atoms with Crippen molar-refractivity contribution >= 4 is 23.2 Å². The van der Waals surface area contributed by atoms with Gasteiger partial charge >= 0.3 is 0 Å². The fourth-order valence-electron chi connectivity index (χ4n) is 2.46. The molecule has 2 rings (SSSR count). The molecule has 0 saturated carbocycles.